The Morgan fingerprint density at radius 3 is 2.14 bits per heavy atom. The van der Waals surface area contributed by atoms with E-state index in [4.69, 9.17) is 5.53 Å². The van der Waals surface area contributed by atoms with E-state index in [1.165, 1.54) is 16.2 Å². The van der Waals surface area contributed by atoms with E-state index in [-0.39, 0.29) is 0 Å². The van der Waals surface area contributed by atoms with Crippen LogP contribution in [0.2, 0.25) is 0 Å². The van der Waals surface area contributed by atoms with Crippen LogP contribution in [0.5, 0.6) is 0 Å². The van der Waals surface area contributed by atoms with Crippen LogP contribution in [0.3, 0.4) is 0 Å². The highest BCUT2D eigenvalue weighted by atomic mass is 15.1. The lowest BCUT2D eigenvalue weighted by atomic mass is 9.96. The molecule has 0 saturated heterocycles. The normalized spacial score (nSPS) is 10.9. The van der Waals surface area contributed by atoms with Crippen molar-refractivity contribution in [1.29, 1.82) is 0 Å². The summed E-state index contributed by atoms with van der Waals surface area (Å²) < 4.78 is 0. The molecule has 0 amide bonds. The predicted molar refractivity (Wildman–Crippen MR) is 87.8 cm³/mol. The van der Waals surface area contributed by atoms with Crippen molar-refractivity contribution in [3.05, 3.63) is 77.2 Å². The van der Waals surface area contributed by atoms with Crippen LogP contribution in [0.4, 0.5) is 5.69 Å². The third-order valence-corrected chi connectivity index (χ3v) is 3.90. The summed E-state index contributed by atoms with van der Waals surface area (Å²) >= 11 is 0. The Morgan fingerprint density at radius 2 is 1.33 bits per heavy atom. The Morgan fingerprint density at radius 1 is 0.667 bits per heavy atom. The number of hydrogen-bond donors (Lipinski definition) is 0. The third-order valence-electron chi connectivity index (χ3n) is 3.90. The summed E-state index contributed by atoms with van der Waals surface area (Å²) in [6.45, 7) is 0. The Balaban J connectivity index is 2.32. The predicted octanol–water partition coefficient (Wildman–Crippen LogP) is 6.09. The lowest BCUT2D eigenvalue weighted by Crippen LogP contribution is -1.81. The van der Waals surface area contributed by atoms with Gasteiger partial charge in [0.2, 0.25) is 0 Å². The zero-order valence-corrected chi connectivity index (χ0v) is 11.2. The van der Waals surface area contributed by atoms with E-state index >= 15 is 0 Å². The second kappa shape index (κ2) is 4.51. The fourth-order valence-electron chi connectivity index (χ4n) is 2.97. The maximum absolute atomic E-state index is 8.82. The highest BCUT2D eigenvalue weighted by Gasteiger charge is 2.07. The van der Waals surface area contributed by atoms with Gasteiger partial charge in [-0.3, -0.25) is 0 Å². The molecule has 4 aromatic rings. The summed E-state index contributed by atoms with van der Waals surface area (Å²) in [5.74, 6) is 0. The number of nitrogens with zero attached hydrogens (tertiary/aromatic N) is 3. The summed E-state index contributed by atoms with van der Waals surface area (Å²) in [6.07, 6.45) is 0. The van der Waals surface area contributed by atoms with Crippen LogP contribution in [-0.4, -0.2) is 0 Å². The van der Waals surface area contributed by atoms with E-state index in [9.17, 15) is 0 Å². The van der Waals surface area contributed by atoms with Gasteiger partial charge >= 0.3 is 0 Å². The number of azide groups is 1. The molecule has 4 aromatic carbocycles. The zero-order chi connectivity index (χ0) is 14.2. The molecule has 0 radical (unpaired) electrons. The Labute approximate surface area is 121 Å². The van der Waals surface area contributed by atoms with Crippen molar-refractivity contribution in [3.8, 4) is 0 Å². The zero-order valence-electron chi connectivity index (χ0n) is 11.2. The second-order valence-corrected chi connectivity index (χ2v) is 5.01. The van der Waals surface area contributed by atoms with Crippen molar-refractivity contribution < 1.29 is 0 Å². The molecule has 0 aliphatic carbocycles. The minimum Gasteiger partial charge on any atom is -0.0616 e. The van der Waals surface area contributed by atoms with Crippen LogP contribution in [0.1, 0.15) is 0 Å². The lowest BCUT2D eigenvalue weighted by molar-refractivity contribution is 1.53. The molecule has 21 heavy (non-hydrogen) atoms. The first-order valence-electron chi connectivity index (χ1n) is 6.77. The molecule has 4 rings (SSSR count). The highest BCUT2D eigenvalue weighted by Crippen LogP contribution is 2.36. The molecule has 0 aliphatic rings. The van der Waals surface area contributed by atoms with Crippen molar-refractivity contribution >= 4 is 38.0 Å². The molecule has 3 heteroatoms. The van der Waals surface area contributed by atoms with E-state index < -0.39 is 0 Å². The second-order valence-electron chi connectivity index (χ2n) is 5.01. The van der Waals surface area contributed by atoms with Crippen LogP contribution in [0.15, 0.2) is 71.8 Å². The Hall–Kier alpha value is -3.03. The molecule has 98 valence electrons. The van der Waals surface area contributed by atoms with Crippen molar-refractivity contribution in [2.75, 3.05) is 0 Å². The summed E-state index contributed by atoms with van der Waals surface area (Å²) in [7, 11) is 0. The van der Waals surface area contributed by atoms with Gasteiger partial charge in [0.15, 0.2) is 0 Å². The first-order chi connectivity index (χ1) is 10.4. The molecular formula is C18H11N3. The first-order valence-corrected chi connectivity index (χ1v) is 6.77. The molecule has 0 N–H and O–H groups in total. The molecule has 0 unspecified atom stereocenters. The summed E-state index contributed by atoms with van der Waals surface area (Å²) in [5.41, 5.74) is 9.50. The van der Waals surface area contributed by atoms with Gasteiger partial charge in [-0.2, -0.15) is 0 Å². The molecule has 0 fully saturated rings. The largest absolute Gasteiger partial charge is 0.0616 e. The van der Waals surface area contributed by atoms with Crippen molar-refractivity contribution in [2.45, 2.75) is 0 Å². The summed E-state index contributed by atoms with van der Waals surface area (Å²) in [4.78, 5) is 2.97. The van der Waals surface area contributed by atoms with Crippen LogP contribution in [-0.2, 0) is 0 Å². The third kappa shape index (κ3) is 1.72. The summed E-state index contributed by atoms with van der Waals surface area (Å²) in [6, 6.07) is 22.6. The monoisotopic (exact) mass is 269 g/mol. The van der Waals surface area contributed by atoms with E-state index in [0.717, 1.165) is 16.2 Å². The van der Waals surface area contributed by atoms with E-state index in [1.807, 2.05) is 36.4 Å². The topological polar surface area (TPSA) is 48.8 Å². The maximum atomic E-state index is 8.82. The highest BCUT2D eigenvalue weighted by molar-refractivity contribution is 6.20. The fraction of sp³-hybridized carbons (Fsp3) is 0. The standard InChI is InChI=1S/C18H11N3/c19-21-20-18-11-17-13-6-2-1-5-12(13)9-10-15(17)14-7-3-4-8-16(14)18/h1-11H. The van der Waals surface area contributed by atoms with Gasteiger partial charge in [0.25, 0.3) is 0 Å². The van der Waals surface area contributed by atoms with Gasteiger partial charge < -0.3 is 0 Å². The summed E-state index contributed by atoms with van der Waals surface area (Å²) in [5, 5.41) is 10.6. The maximum Gasteiger partial charge on any atom is 0.0460 e. The van der Waals surface area contributed by atoms with Gasteiger partial charge in [-0.1, -0.05) is 65.8 Å². The average Bonchev–Trinajstić information content (AvgIpc) is 2.55. The molecule has 0 atom stereocenters. The molecule has 0 bridgehead atoms. The van der Waals surface area contributed by atoms with Crippen LogP contribution >= 0.6 is 0 Å². The van der Waals surface area contributed by atoms with Gasteiger partial charge in [-0.15, -0.1) is 0 Å². The molecule has 3 nitrogen and oxygen atoms in total. The van der Waals surface area contributed by atoms with E-state index in [0.29, 0.717) is 5.69 Å². The smallest absolute Gasteiger partial charge is 0.0460 e. The SMILES string of the molecule is [N-]=[N+]=Nc1cc2c3ccccc3ccc2c2ccccc12. The number of benzene rings is 4. The lowest BCUT2D eigenvalue weighted by Gasteiger charge is -2.09. The minimum atomic E-state index is 0.678. The van der Waals surface area contributed by atoms with Gasteiger partial charge in [0.1, 0.15) is 0 Å². The van der Waals surface area contributed by atoms with Crippen LogP contribution < -0.4 is 0 Å². The number of rotatable bonds is 1. The molecule has 0 saturated carbocycles. The molecule has 0 aromatic heterocycles. The van der Waals surface area contributed by atoms with Crippen molar-refractivity contribution in [1.82, 2.24) is 0 Å². The Bertz CT molecular complexity index is 1040. The van der Waals surface area contributed by atoms with Crippen molar-refractivity contribution in [2.24, 2.45) is 5.11 Å². The van der Waals surface area contributed by atoms with Gasteiger partial charge in [0, 0.05) is 10.6 Å². The molecule has 0 aliphatic heterocycles. The average molecular weight is 269 g/mol. The number of hydrogen-bond acceptors (Lipinski definition) is 1. The molecule has 0 heterocycles. The van der Waals surface area contributed by atoms with Gasteiger partial charge in [0.05, 0.1) is 0 Å². The quantitative estimate of drug-likeness (QED) is 0.174. The van der Waals surface area contributed by atoms with E-state index in [2.05, 4.69) is 40.4 Å². The Kier molecular flexibility index (Phi) is 2.53. The molecule has 0 spiro atoms. The van der Waals surface area contributed by atoms with Crippen LogP contribution in [0.25, 0.3) is 42.8 Å². The fourth-order valence-corrected chi connectivity index (χ4v) is 2.97. The molecular weight excluding hydrogens is 258 g/mol. The van der Waals surface area contributed by atoms with Crippen LogP contribution in [0, 0.1) is 0 Å². The van der Waals surface area contributed by atoms with Crippen molar-refractivity contribution in [3.63, 3.8) is 0 Å². The van der Waals surface area contributed by atoms with Gasteiger partial charge in [-0.05, 0) is 43.9 Å². The minimum absolute atomic E-state index is 0.678. The number of fused-ring (bicyclic) bond motifs is 5. The van der Waals surface area contributed by atoms with E-state index in [1.54, 1.807) is 0 Å². The van der Waals surface area contributed by atoms with Gasteiger partial charge in [-0.25, -0.2) is 0 Å². The first kappa shape index (κ1) is 11.8.